The lowest BCUT2D eigenvalue weighted by molar-refractivity contribution is -0.596. The lowest BCUT2D eigenvalue weighted by atomic mass is 10.4. The van der Waals surface area contributed by atoms with Crippen molar-refractivity contribution in [1.29, 1.82) is 0 Å². The molecule has 0 aliphatic heterocycles. The SMILES string of the molecule is CC(C)[Si](F)(c1ccc(Cl)cc1[I+]c1ccccc1)C(C)C. The number of halogens is 3. The molecule has 2 rings (SSSR count). The Morgan fingerprint density at radius 1 is 0.955 bits per heavy atom. The van der Waals surface area contributed by atoms with Crippen LogP contribution in [0.2, 0.25) is 16.1 Å². The first-order valence-corrected chi connectivity index (χ1v) is 12.1. The van der Waals surface area contributed by atoms with Gasteiger partial charge in [0.15, 0.2) is 7.14 Å². The minimum atomic E-state index is -3.03. The molecule has 2 aromatic carbocycles. The summed E-state index contributed by atoms with van der Waals surface area (Å²) in [6.45, 7) is 8.08. The normalized spacial score (nSPS) is 12.2. The van der Waals surface area contributed by atoms with Crippen LogP contribution in [0, 0.1) is 7.14 Å². The Bertz CT molecular complexity index is 620. The van der Waals surface area contributed by atoms with Gasteiger partial charge in [0.05, 0.1) is 0 Å². The van der Waals surface area contributed by atoms with Crippen molar-refractivity contribution in [2.24, 2.45) is 0 Å². The maximum Gasteiger partial charge on any atom is 0.357 e. The van der Waals surface area contributed by atoms with Gasteiger partial charge >= 0.3 is 21.2 Å². The second kappa shape index (κ2) is 7.45. The lowest BCUT2D eigenvalue weighted by Gasteiger charge is -2.30. The van der Waals surface area contributed by atoms with E-state index in [0.29, 0.717) is 5.02 Å². The van der Waals surface area contributed by atoms with E-state index in [1.54, 1.807) is 0 Å². The summed E-state index contributed by atoms with van der Waals surface area (Å²) in [5.41, 5.74) is 0.124. The van der Waals surface area contributed by atoms with Gasteiger partial charge in [-0.2, -0.15) is 0 Å². The van der Waals surface area contributed by atoms with Crippen molar-refractivity contribution in [3.8, 4) is 0 Å². The summed E-state index contributed by atoms with van der Waals surface area (Å²) in [4.78, 5) is 0. The molecule has 0 aliphatic rings. The molecule has 0 N–H and O–H groups in total. The van der Waals surface area contributed by atoms with E-state index in [4.69, 9.17) is 11.6 Å². The third-order valence-electron chi connectivity index (χ3n) is 3.97. The van der Waals surface area contributed by atoms with Gasteiger partial charge in [-0.15, -0.1) is 0 Å². The van der Waals surface area contributed by atoms with E-state index in [-0.39, 0.29) is 11.1 Å². The molecule has 0 unspecified atom stereocenters. The molecule has 2 aromatic rings. The number of rotatable bonds is 5. The third kappa shape index (κ3) is 3.74. The van der Waals surface area contributed by atoms with Gasteiger partial charge in [0, 0.05) is 16.3 Å². The molecular weight excluding hydrogens is 426 g/mol. The van der Waals surface area contributed by atoms with Crippen molar-refractivity contribution >= 4 is 25.2 Å². The van der Waals surface area contributed by atoms with Gasteiger partial charge in [-0.3, -0.25) is 0 Å². The predicted octanol–water partition coefficient (Wildman–Crippen LogP) is 2.41. The first-order chi connectivity index (χ1) is 10.4. The average molecular weight is 448 g/mol. The van der Waals surface area contributed by atoms with E-state index in [2.05, 4.69) is 12.1 Å². The second-order valence-electron chi connectivity index (χ2n) is 6.09. The maximum atomic E-state index is 16.0. The van der Waals surface area contributed by atoms with Gasteiger partial charge in [0.25, 0.3) is 8.41 Å². The fraction of sp³-hybridized carbons (Fsp3) is 0.333. The summed E-state index contributed by atoms with van der Waals surface area (Å²) >= 11 is 5.79. The van der Waals surface area contributed by atoms with Gasteiger partial charge in [-0.1, -0.05) is 63.6 Å². The lowest BCUT2D eigenvalue weighted by Crippen LogP contribution is -3.62. The molecule has 22 heavy (non-hydrogen) atoms. The first-order valence-electron chi connectivity index (χ1n) is 7.54. The van der Waals surface area contributed by atoms with Crippen molar-refractivity contribution < 1.29 is 25.3 Å². The summed E-state index contributed by atoms with van der Waals surface area (Å²) in [5, 5.41) is 1.66. The molecule has 0 fully saturated rings. The highest BCUT2D eigenvalue weighted by atomic mass is 127. The Labute approximate surface area is 149 Å². The van der Waals surface area contributed by atoms with Gasteiger partial charge in [0.1, 0.15) is 0 Å². The zero-order valence-electron chi connectivity index (χ0n) is 13.4. The highest BCUT2D eigenvalue weighted by Crippen LogP contribution is 2.33. The maximum absolute atomic E-state index is 16.0. The number of hydrogen-bond acceptors (Lipinski definition) is 0. The van der Waals surface area contributed by atoms with Crippen LogP contribution in [-0.4, -0.2) is 8.41 Å². The van der Waals surface area contributed by atoms with Crippen LogP contribution in [0.3, 0.4) is 0 Å². The molecule has 0 aliphatic carbocycles. The Morgan fingerprint density at radius 2 is 1.55 bits per heavy atom. The van der Waals surface area contributed by atoms with E-state index in [0.717, 1.165) is 8.76 Å². The molecule has 0 saturated carbocycles. The van der Waals surface area contributed by atoms with E-state index in [1.165, 1.54) is 3.57 Å². The van der Waals surface area contributed by atoms with E-state index in [1.807, 2.05) is 64.1 Å². The second-order valence-corrected chi connectivity index (χ2v) is 13.9. The predicted molar refractivity (Wildman–Crippen MR) is 92.0 cm³/mol. The molecule has 0 nitrogen and oxygen atoms in total. The minimum Gasteiger partial charge on any atom is -0.307 e. The summed E-state index contributed by atoms with van der Waals surface area (Å²) in [6.07, 6.45) is 0. The van der Waals surface area contributed by atoms with Crippen LogP contribution in [-0.2, 0) is 0 Å². The zero-order valence-corrected chi connectivity index (χ0v) is 17.3. The van der Waals surface area contributed by atoms with Crippen LogP contribution in [0.25, 0.3) is 0 Å². The average Bonchev–Trinajstić information content (AvgIpc) is 2.47. The Hall–Kier alpha value is -0.393. The van der Waals surface area contributed by atoms with Gasteiger partial charge < -0.3 is 4.11 Å². The summed E-state index contributed by atoms with van der Waals surface area (Å²) in [7, 11) is -3.03. The smallest absolute Gasteiger partial charge is 0.307 e. The van der Waals surface area contributed by atoms with Crippen molar-refractivity contribution in [3.05, 3.63) is 60.7 Å². The topological polar surface area (TPSA) is 0 Å². The van der Waals surface area contributed by atoms with E-state index in [9.17, 15) is 0 Å². The van der Waals surface area contributed by atoms with Crippen LogP contribution < -0.4 is 26.4 Å². The molecular formula is C18H22ClFISi+. The van der Waals surface area contributed by atoms with Gasteiger partial charge in [-0.05, 0) is 29.3 Å². The molecule has 0 aromatic heterocycles. The molecule has 0 spiro atoms. The van der Waals surface area contributed by atoms with Crippen LogP contribution >= 0.6 is 11.6 Å². The molecule has 0 radical (unpaired) electrons. The molecule has 0 bridgehead atoms. The Balaban J connectivity index is 2.52. The molecule has 0 saturated heterocycles. The first kappa shape index (κ1) is 18.0. The zero-order chi connectivity index (χ0) is 16.3. The molecule has 0 amide bonds. The van der Waals surface area contributed by atoms with Crippen molar-refractivity contribution in [2.45, 2.75) is 38.8 Å². The highest BCUT2D eigenvalue weighted by Gasteiger charge is 2.47. The minimum absolute atomic E-state index is 0.0622. The fourth-order valence-electron chi connectivity index (χ4n) is 2.76. The van der Waals surface area contributed by atoms with Crippen molar-refractivity contribution in [2.75, 3.05) is 0 Å². The van der Waals surface area contributed by atoms with E-state index < -0.39 is 29.6 Å². The van der Waals surface area contributed by atoms with Crippen LogP contribution in [0.4, 0.5) is 4.11 Å². The van der Waals surface area contributed by atoms with Crippen LogP contribution in [0.1, 0.15) is 27.7 Å². The number of hydrogen-bond donors (Lipinski definition) is 0. The summed E-state index contributed by atoms with van der Waals surface area (Å²) in [6, 6.07) is 16.2. The molecule has 0 heterocycles. The standard InChI is InChI=1S/C18H22ClFISi/c1-13(2)22(20,14(3)4)18-11-10-15(19)12-17(18)21-16-8-6-5-7-9-16/h5-14H,1-4H3/q+1. The largest absolute Gasteiger partial charge is 0.357 e. The van der Waals surface area contributed by atoms with E-state index >= 15 is 4.11 Å². The van der Waals surface area contributed by atoms with Crippen LogP contribution in [0.5, 0.6) is 0 Å². The third-order valence-corrected chi connectivity index (χ3v) is 12.2. The van der Waals surface area contributed by atoms with Gasteiger partial charge in [-0.25, -0.2) is 0 Å². The molecule has 0 atom stereocenters. The van der Waals surface area contributed by atoms with Gasteiger partial charge in [0.2, 0.25) is 0 Å². The Kier molecular flexibility index (Phi) is 6.08. The summed E-state index contributed by atoms with van der Waals surface area (Å²) < 4.78 is 18.4. The van der Waals surface area contributed by atoms with Crippen molar-refractivity contribution in [3.63, 3.8) is 0 Å². The van der Waals surface area contributed by atoms with Crippen LogP contribution in [0.15, 0.2) is 48.5 Å². The molecule has 118 valence electrons. The van der Waals surface area contributed by atoms with Crippen molar-refractivity contribution in [1.82, 2.24) is 0 Å². The monoisotopic (exact) mass is 447 g/mol. The highest BCUT2D eigenvalue weighted by molar-refractivity contribution is 6.88. The quantitative estimate of drug-likeness (QED) is 0.375. The number of benzene rings is 2. The summed E-state index contributed by atoms with van der Waals surface area (Å²) in [5.74, 6) is 0. The fourth-order valence-corrected chi connectivity index (χ4v) is 10.4. The Morgan fingerprint density at radius 3 is 2.09 bits per heavy atom. The molecule has 4 heteroatoms.